The Hall–Kier alpha value is -2.13. The van der Waals surface area contributed by atoms with Gasteiger partial charge >= 0.3 is 5.97 Å². The Bertz CT molecular complexity index is 870. The number of rotatable bonds is 7. The van der Waals surface area contributed by atoms with Gasteiger partial charge < -0.3 is 14.4 Å². The fraction of sp³-hybridized carbons (Fsp3) is 0.600. The van der Waals surface area contributed by atoms with Gasteiger partial charge in [0.05, 0.1) is 12.9 Å². The van der Waals surface area contributed by atoms with E-state index in [-0.39, 0.29) is 11.7 Å². The van der Waals surface area contributed by atoms with Crippen molar-refractivity contribution in [2.45, 2.75) is 45.1 Å². The van der Waals surface area contributed by atoms with E-state index in [2.05, 4.69) is 0 Å². The molecule has 0 bridgehead atoms. The zero-order chi connectivity index (χ0) is 21.0. The topological polar surface area (TPSA) is 93.2 Å². The van der Waals surface area contributed by atoms with E-state index in [1.54, 1.807) is 25.0 Å². The molecule has 160 valence electrons. The first kappa shape index (κ1) is 21.6. The molecule has 1 aromatic carbocycles. The maximum absolute atomic E-state index is 12.7. The largest absolute Gasteiger partial charge is 0.497 e. The lowest BCUT2D eigenvalue weighted by Crippen LogP contribution is -2.44. The molecule has 1 amide bonds. The number of esters is 1. The van der Waals surface area contributed by atoms with E-state index < -0.39 is 28.6 Å². The van der Waals surface area contributed by atoms with Crippen molar-refractivity contribution in [3.05, 3.63) is 23.8 Å². The van der Waals surface area contributed by atoms with Crippen LogP contribution in [-0.2, 0) is 30.8 Å². The van der Waals surface area contributed by atoms with Crippen molar-refractivity contribution in [2.24, 2.45) is 0 Å². The molecule has 0 saturated carbocycles. The van der Waals surface area contributed by atoms with Crippen LogP contribution in [0.1, 0.15) is 38.2 Å². The molecule has 0 radical (unpaired) electrons. The SMILES string of the molecule is CCCS(=O)(=O)N1CCCC1C(=O)OCC(=O)N1CCCc2cc(OC)ccc21. The number of hydrogen-bond acceptors (Lipinski definition) is 6. The lowest BCUT2D eigenvalue weighted by Gasteiger charge is -2.30. The molecule has 9 heteroatoms. The number of amides is 1. The Labute approximate surface area is 171 Å². The summed E-state index contributed by atoms with van der Waals surface area (Å²) in [5.41, 5.74) is 1.81. The van der Waals surface area contributed by atoms with Crippen molar-refractivity contribution in [1.29, 1.82) is 0 Å². The highest BCUT2D eigenvalue weighted by Gasteiger charge is 2.39. The van der Waals surface area contributed by atoms with Crippen molar-refractivity contribution in [3.63, 3.8) is 0 Å². The van der Waals surface area contributed by atoms with Crippen LogP contribution in [0.15, 0.2) is 18.2 Å². The summed E-state index contributed by atoms with van der Waals surface area (Å²) in [7, 11) is -1.89. The maximum atomic E-state index is 12.7. The Morgan fingerprint density at radius 1 is 1.21 bits per heavy atom. The second-order valence-corrected chi connectivity index (χ2v) is 9.38. The number of benzene rings is 1. The highest BCUT2D eigenvalue weighted by molar-refractivity contribution is 7.89. The first-order valence-electron chi connectivity index (χ1n) is 10.0. The Morgan fingerprint density at radius 2 is 2.00 bits per heavy atom. The number of carbonyl (C=O) groups is 2. The maximum Gasteiger partial charge on any atom is 0.324 e. The van der Waals surface area contributed by atoms with E-state index in [4.69, 9.17) is 9.47 Å². The Kier molecular flexibility index (Phi) is 6.79. The second-order valence-electron chi connectivity index (χ2n) is 7.34. The molecule has 0 spiro atoms. The van der Waals surface area contributed by atoms with E-state index in [1.807, 2.05) is 12.1 Å². The predicted molar refractivity (Wildman–Crippen MR) is 108 cm³/mol. The molecule has 29 heavy (non-hydrogen) atoms. The summed E-state index contributed by atoms with van der Waals surface area (Å²) in [6.07, 6.45) is 3.17. The van der Waals surface area contributed by atoms with Crippen LogP contribution in [0.4, 0.5) is 5.69 Å². The van der Waals surface area contributed by atoms with Gasteiger partial charge in [-0.2, -0.15) is 4.31 Å². The van der Waals surface area contributed by atoms with Crippen molar-refractivity contribution < 1.29 is 27.5 Å². The summed E-state index contributed by atoms with van der Waals surface area (Å²) >= 11 is 0. The van der Waals surface area contributed by atoms with Crippen LogP contribution in [0, 0.1) is 0 Å². The molecule has 0 N–H and O–H groups in total. The van der Waals surface area contributed by atoms with Crippen molar-refractivity contribution in [1.82, 2.24) is 4.31 Å². The third-order valence-electron chi connectivity index (χ3n) is 5.34. The monoisotopic (exact) mass is 424 g/mol. The fourth-order valence-electron chi connectivity index (χ4n) is 3.95. The summed E-state index contributed by atoms with van der Waals surface area (Å²) in [6, 6.07) is 4.71. The van der Waals surface area contributed by atoms with Gasteiger partial charge in [-0.15, -0.1) is 0 Å². The third kappa shape index (κ3) is 4.72. The molecule has 3 rings (SSSR count). The predicted octanol–water partition coefficient (Wildman–Crippen LogP) is 1.72. The zero-order valence-corrected chi connectivity index (χ0v) is 17.7. The molecule has 0 aromatic heterocycles. The molecule has 2 aliphatic rings. The van der Waals surface area contributed by atoms with Crippen molar-refractivity contribution in [3.8, 4) is 5.75 Å². The first-order valence-corrected chi connectivity index (χ1v) is 11.6. The smallest absolute Gasteiger partial charge is 0.324 e. The highest BCUT2D eigenvalue weighted by atomic mass is 32.2. The van der Waals surface area contributed by atoms with E-state index >= 15 is 0 Å². The lowest BCUT2D eigenvalue weighted by atomic mass is 10.0. The normalized spacial score (nSPS) is 19.7. The molecule has 2 aliphatic heterocycles. The van der Waals surface area contributed by atoms with Crippen molar-refractivity contribution in [2.75, 3.05) is 37.5 Å². The molecule has 1 aromatic rings. The molecule has 8 nitrogen and oxygen atoms in total. The molecule has 1 fully saturated rings. The molecular formula is C20H28N2O6S. The molecule has 1 atom stereocenters. The Balaban J connectivity index is 1.63. The van der Waals surface area contributed by atoms with Crippen LogP contribution in [0.25, 0.3) is 0 Å². The average molecular weight is 425 g/mol. The number of carbonyl (C=O) groups excluding carboxylic acids is 2. The lowest BCUT2D eigenvalue weighted by molar-refractivity contribution is -0.151. The van der Waals surface area contributed by atoms with Gasteiger partial charge in [0.2, 0.25) is 10.0 Å². The quantitative estimate of drug-likeness (QED) is 0.619. The third-order valence-corrected chi connectivity index (χ3v) is 7.42. The summed E-state index contributed by atoms with van der Waals surface area (Å²) in [4.78, 5) is 26.8. The van der Waals surface area contributed by atoms with Crippen LogP contribution >= 0.6 is 0 Å². The molecule has 1 saturated heterocycles. The van der Waals surface area contributed by atoms with Gasteiger partial charge in [-0.25, -0.2) is 8.42 Å². The minimum Gasteiger partial charge on any atom is -0.497 e. The number of hydrogen-bond donors (Lipinski definition) is 0. The number of nitrogens with zero attached hydrogens (tertiary/aromatic N) is 2. The van der Waals surface area contributed by atoms with Gasteiger partial charge in [-0.05, 0) is 55.9 Å². The van der Waals surface area contributed by atoms with Gasteiger partial charge in [0, 0.05) is 18.8 Å². The average Bonchev–Trinajstić information content (AvgIpc) is 3.22. The van der Waals surface area contributed by atoms with Gasteiger partial charge in [0.15, 0.2) is 6.61 Å². The van der Waals surface area contributed by atoms with E-state index in [9.17, 15) is 18.0 Å². The number of ether oxygens (including phenoxy) is 2. The summed E-state index contributed by atoms with van der Waals surface area (Å²) in [5, 5.41) is 0. The number of anilines is 1. The van der Waals surface area contributed by atoms with Crippen molar-refractivity contribution >= 4 is 27.6 Å². The van der Waals surface area contributed by atoms with Crippen LogP contribution < -0.4 is 9.64 Å². The second kappa shape index (κ2) is 9.13. The van der Waals surface area contributed by atoms with Gasteiger partial charge in [0.25, 0.3) is 5.91 Å². The minimum atomic E-state index is -3.48. The highest BCUT2D eigenvalue weighted by Crippen LogP contribution is 2.30. The number of aryl methyl sites for hydroxylation is 1. The van der Waals surface area contributed by atoms with Crippen LogP contribution in [0.5, 0.6) is 5.75 Å². The molecule has 2 heterocycles. The van der Waals surface area contributed by atoms with Crippen LogP contribution in [-0.4, -0.2) is 63.2 Å². The summed E-state index contributed by atoms with van der Waals surface area (Å²) in [6.45, 7) is 2.25. The van der Waals surface area contributed by atoms with Gasteiger partial charge in [0.1, 0.15) is 11.8 Å². The van der Waals surface area contributed by atoms with Crippen LogP contribution in [0.2, 0.25) is 0 Å². The first-order chi connectivity index (χ1) is 13.9. The van der Waals surface area contributed by atoms with Gasteiger partial charge in [-0.1, -0.05) is 6.92 Å². The fourth-order valence-corrected chi connectivity index (χ4v) is 5.69. The zero-order valence-electron chi connectivity index (χ0n) is 16.9. The van der Waals surface area contributed by atoms with E-state index in [0.717, 1.165) is 29.8 Å². The summed E-state index contributed by atoms with van der Waals surface area (Å²) in [5.74, 6) is -0.226. The number of sulfonamides is 1. The minimum absolute atomic E-state index is 0.00371. The molecule has 1 unspecified atom stereocenters. The molecule has 0 aliphatic carbocycles. The molecular weight excluding hydrogens is 396 g/mol. The number of methoxy groups -OCH3 is 1. The number of fused-ring (bicyclic) bond motifs is 1. The van der Waals surface area contributed by atoms with Crippen LogP contribution in [0.3, 0.4) is 0 Å². The van der Waals surface area contributed by atoms with E-state index in [1.165, 1.54) is 4.31 Å². The summed E-state index contributed by atoms with van der Waals surface area (Å²) < 4.78 is 36.4. The van der Waals surface area contributed by atoms with Gasteiger partial charge in [-0.3, -0.25) is 9.59 Å². The van der Waals surface area contributed by atoms with E-state index in [0.29, 0.717) is 32.4 Å². The standard InChI is InChI=1S/C20H28N2O6S/c1-3-12-29(25,26)22-11-5-7-18(22)20(24)28-14-19(23)21-10-4-6-15-13-16(27-2)8-9-17(15)21/h8-9,13,18H,3-7,10-12,14H2,1-2H3. The Morgan fingerprint density at radius 3 is 2.72 bits per heavy atom.